The Labute approximate surface area is 207 Å². The lowest BCUT2D eigenvalue weighted by molar-refractivity contribution is 0.435. The molecule has 0 N–H and O–H groups in total. The molecule has 3 heteroatoms. The average molecular weight is 459 g/mol. The quantitative estimate of drug-likeness (QED) is 0.449. The van der Waals surface area contributed by atoms with Crippen molar-refractivity contribution in [2.45, 2.75) is 98.8 Å². The van der Waals surface area contributed by atoms with Gasteiger partial charge in [0, 0.05) is 6.08 Å². The van der Waals surface area contributed by atoms with E-state index in [2.05, 4.69) is 106 Å². The molecule has 0 atom stereocenters. The molecule has 3 nitrogen and oxygen atoms in total. The van der Waals surface area contributed by atoms with Gasteiger partial charge < -0.3 is 4.74 Å². The standard InChI is InChI=1S/C31H42N2O/c1-19(2)23-13-12-14-24(20(3)4)28(23)33-29-27(17-21(5)34-29)32-26-18-22(30(6,7)8)15-16-25(26)31(9,10)11/h12-20H,1-11H3. The Balaban J connectivity index is 2.23. The first kappa shape index (κ1) is 25.9. The van der Waals surface area contributed by atoms with E-state index in [1.165, 1.54) is 22.3 Å². The van der Waals surface area contributed by atoms with Crippen LogP contribution in [0.25, 0.3) is 0 Å². The first-order chi connectivity index (χ1) is 15.7. The van der Waals surface area contributed by atoms with Crippen LogP contribution >= 0.6 is 0 Å². The zero-order valence-corrected chi connectivity index (χ0v) is 23.0. The molecule has 1 aliphatic rings. The Bertz CT molecular complexity index is 1120. The molecular weight excluding hydrogens is 416 g/mol. The van der Waals surface area contributed by atoms with E-state index in [9.17, 15) is 0 Å². The third-order valence-corrected chi connectivity index (χ3v) is 6.29. The number of hydrogen-bond donors (Lipinski definition) is 0. The fraction of sp³-hybridized carbons (Fsp3) is 0.484. The Hall–Kier alpha value is -2.68. The first-order valence-corrected chi connectivity index (χ1v) is 12.5. The summed E-state index contributed by atoms with van der Waals surface area (Å²) in [7, 11) is 0. The second kappa shape index (κ2) is 9.52. The van der Waals surface area contributed by atoms with Gasteiger partial charge in [-0.2, -0.15) is 0 Å². The minimum atomic E-state index is -0.0274. The van der Waals surface area contributed by atoms with E-state index in [1.807, 2.05) is 13.0 Å². The van der Waals surface area contributed by atoms with Gasteiger partial charge in [0.1, 0.15) is 11.5 Å². The Morgan fingerprint density at radius 2 is 1.35 bits per heavy atom. The van der Waals surface area contributed by atoms with E-state index in [-0.39, 0.29) is 10.8 Å². The van der Waals surface area contributed by atoms with Crippen molar-refractivity contribution < 1.29 is 4.74 Å². The minimum absolute atomic E-state index is 0.0274. The van der Waals surface area contributed by atoms with Gasteiger partial charge in [-0.1, -0.05) is 99.6 Å². The zero-order valence-electron chi connectivity index (χ0n) is 23.0. The summed E-state index contributed by atoms with van der Waals surface area (Å²) in [4.78, 5) is 10.3. The number of ether oxygens (including phenoxy) is 1. The molecule has 0 unspecified atom stereocenters. The van der Waals surface area contributed by atoms with E-state index >= 15 is 0 Å². The van der Waals surface area contributed by atoms with Crippen molar-refractivity contribution in [3.8, 4) is 0 Å². The summed E-state index contributed by atoms with van der Waals surface area (Å²) < 4.78 is 6.12. The summed E-state index contributed by atoms with van der Waals surface area (Å²) >= 11 is 0. The van der Waals surface area contributed by atoms with Gasteiger partial charge in [0.05, 0.1) is 11.4 Å². The molecule has 0 amide bonds. The lowest BCUT2D eigenvalue weighted by Crippen LogP contribution is -2.16. The number of allylic oxidation sites excluding steroid dienone is 1. The summed E-state index contributed by atoms with van der Waals surface area (Å²) in [5, 5.41) is 0. The normalized spacial score (nSPS) is 17.1. The number of rotatable bonds is 4. The predicted octanol–water partition coefficient (Wildman–Crippen LogP) is 9.27. The maximum absolute atomic E-state index is 6.12. The maximum Gasteiger partial charge on any atom is 0.245 e. The molecule has 0 fully saturated rings. The summed E-state index contributed by atoms with van der Waals surface area (Å²) in [5.74, 6) is 2.12. The van der Waals surface area contributed by atoms with E-state index in [0.29, 0.717) is 17.7 Å². The van der Waals surface area contributed by atoms with Crippen LogP contribution in [0.3, 0.4) is 0 Å². The maximum atomic E-state index is 6.12. The fourth-order valence-corrected chi connectivity index (χ4v) is 4.25. The van der Waals surface area contributed by atoms with Crippen LogP contribution in [0.5, 0.6) is 0 Å². The highest BCUT2D eigenvalue weighted by molar-refractivity contribution is 6.46. The van der Waals surface area contributed by atoms with Crippen molar-refractivity contribution in [2.75, 3.05) is 0 Å². The third-order valence-electron chi connectivity index (χ3n) is 6.29. The summed E-state index contributed by atoms with van der Waals surface area (Å²) in [6.07, 6.45) is 2.00. The van der Waals surface area contributed by atoms with Crippen LogP contribution in [0.4, 0.5) is 11.4 Å². The van der Waals surface area contributed by atoms with E-state index < -0.39 is 0 Å². The van der Waals surface area contributed by atoms with Crippen LogP contribution in [0, 0.1) is 0 Å². The van der Waals surface area contributed by atoms with Crippen molar-refractivity contribution in [2.24, 2.45) is 9.98 Å². The van der Waals surface area contributed by atoms with E-state index in [0.717, 1.165) is 22.8 Å². The molecule has 2 aromatic rings. The van der Waals surface area contributed by atoms with Crippen LogP contribution < -0.4 is 0 Å². The molecule has 0 aliphatic carbocycles. The fourth-order valence-electron chi connectivity index (χ4n) is 4.25. The van der Waals surface area contributed by atoms with Crippen molar-refractivity contribution in [1.29, 1.82) is 0 Å². The van der Waals surface area contributed by atoms with Crippen LogP contribution in [-0.2, 0) is 15.6 Å². The molecule has 1 aliphatic heterocycles. The highest BCUT2D eigenvalue weighted by Crippen LogP contribution is 2.38. The van der Waals surface area contributed by atoms with Crippen molar-refractivity contribution in [3.63, 3.8) is 0 Å². The predicted molar refractivity (Wildman–Crippen MR) is 147 cm³/mol. The number of benzene rings is 2. The van der Waals surface area contributed by atoms with Crippen molar-refractivity contribution in [3.05, 3.63) is 70.5 Å². The smallest absolute Gasteiger partial charge is 0.245 e. The van der Waals surface area contributed by atoms with Gasteiger partial charge in [0.2, 0.25) is 5.90 Å². The summed E-state index contributed by atoms with van der Waals surface area (Å²) in [6, 6.07) is 13.2. The Morgan fingerprint density at radius 1 is 0.765 bits per heavy atom. The summed E-state index contributed by atoms with van der Waals surface area (Å²) in [5.41, 5.74) is 7.75. The second-order valence-electron chi connectivity index (χ2n) is 12.1. The molecule has 182 valence electrons. The number of para-hydroxylation sites is 1. The molecule has 3 rings (SSSR count). The molecule has 0 saturated carbocycles. The van der Waals surface area contributed by atoms with Crippen LogP contribution in [0.15, 0.2) is 58.2 Å². The molecule has 0 spiro atoms. The van der Waals surface area contributed by atoms with Gasteiger partial charge in [-0.3, -0.25) is 0 Å². The van der Waals surface area contributed by atoms with E-state index in [1.54, 1.807) is 0 Å². The van der Waals surface area contributed by atoms with Gasteiger partial charge in [-0.05, 0) is 57.9 Å². The van der Waals surface area contributed by atoms with Gasteiger partial charge in [-0.15, -0.1) is 0 Å². The number of aliphatic imine (C=N–C) groups is 2. The molecule has 1 heterocycles. The average Bonchev–Trinajstić information content (AvgIpc) is 3.04. The van der Waals surface area contributed by atoms with Crippen LogP contribution in [0.2, 0.25) is 0 Å². The van der Waals surface area contributed by atoms with Crippen molar-refractivity contribution in [1.82, 2.24) is 0 Å². The highest BCUT2D eigenvalue weighted by atomic mass is 16.5. The molecular formula is C31H42N2O. The third kappa shape index (κ3) is 5.68. The zero-order chi connectivity index (χ0) is 25.4. The van der Waals surface area contributed by atoms with E-state index in [4.69, 9.17) is 14.7 Å². The topological polar surface area (TPSA) is 34.0 Å². The Kier molecular flexibility index (Phi) is 7.26. The van der Waals surface area contributed by atoms with Crippen molar-refractivity contribution >= 4 is 23.0 Å². The van der Waals surface area contributed by atoms with Gasteiger partial charge >= 0.3 is 0 Å². The van der Waals surface area contributed by atoms with Crippen LogP contribution in [0.1, 0.15) is 110 Å². The lowest BCUT2D eigenvalue weighted by atomic mass is 9.81. The largest absolute Gasteiger partial charge is 0.442 e. The summed E-state index contributed by atoms with van der Waals surface area (Å²) in [6.45, 7) is 24.2. The molecule has 0 bridgehead atoms. The van der Waals surface area contributed by atoms with Gasteiger partial charge in [0.15, 0.2) is 0 Å². The monoisotopic (exact) mass is 458 g/mol. The minimum Gasteiger partial charge on any atom is -0.442 e. The molecule has 0 saturated heterocycles. The molecule has 0 radical (unpaired) electrons. The number of hydrogen-bond acceptors (Lipinski definition) is 3. The molecule has 0 aromatic heterocycles. The van der Waals surface area contributed by atoms with Gasteiger partial charge in [-0.25, -0.2) is 9.98 Å². The second-order valence-corrected chi connectivity index (χ2v) is 12.1. The highest BCUT2D eigenvalue weighted by Gasteiger charge is 2.25. The number of nitrogens with zero attached hydrogens (tertiary/aromatic N) is 2. The first-order valence-electron chi connectivity index (χ1n) is 12.5. The van der Waals surface area contributed by atoms with Gasteiger partial charge in [0.25, 0.3) is 0 Å². The Morgan fingerprint density at radius 3 is 1.85 bits per heavy atom. The van der Waals surface area contributed by atoms with Crippen LogP contribution in [-0.4, -0.2) is 11.6 Å². The lowest BCUT2D eigenvalue weighted by Gasteiger charge is -2.25. The molecule has 2 aromatic carbocycles. The SMILES string of the molecule is CC1=CC(=Nc2cc(C(C)(C)C)ccc2C(C)(C)C)C(=Nc2c(C(C)C)cccc2C(C)C)O1. The molecule has 34 heavy (non-hydrogen) atoms.